The molecule has 11 heteroatoms. The van der Waals surface area contributed by atoms with Gasteiger partial charge in [-0.05, 0) is 49.4 Å². The van der Waals surface area contributed by atoms with Crippen molar-refractivity contribution in [1.82, 2.24) is 14.8 Å². The number of alkyl halides is 3. The molecule has 4 rings (SSSR count). The van der Waals surface area contributed by atoms with Crippen LogP contribution in [-0.2, 0) is 0 Å². The fourth-order valence-electron chi connectivity index (χ4n) is 3.36. The van der Waals surface area contributed by atoms with Gasteiger partial charge in [0.2, 0.25) is 5.43 Å². The number of hydrogen-bond donors (Lipinski definition) is 1. The van der Waals surface area contributed by atoms with Gasteiger partial charge in [0.1, 0.15) is 17.3 Å². The molecule has 2 aromatic heterocycles. The van der Waals surface area contributed by atoms with Gasteiger partial charge < -0.3 is 10.5 Å². The smallest absolute Gasteiger partial charge is 0.406 e. The van der Waals surface area contributed by atoms with Gasteiger partial charge in [-0.25, -0.2) is 14.1 Å². The number of ether oxygens (including phenoxy) is 1. The molecular weight excluding hydrogens is 490 g/mol. The van der Waals surface area contributed by atoms with E-state index >= 15 is 4.39 Å². The summed E-state index contributed by atoms with van der Waals surface area (Å²) in [7, 11) is 0. The van der Waals surface area contributed by atoms with Gasteiger partial charge in [-0.15, -0.1) is 13.2 Å². The van der Waals surface area contributed by atoms with E-state index in [2.05, 4.69) is 19.8 Å². The molecule has 37 heavy (non-hydrogen) atoms. The molecule has 0 saturated heterocycles. The highest BCUT2D eigenvalue weighted by Crippen LogP contribution is 2.27. The van der Waals surface area contributed by atoms with Crippen molar-refractivity contribution < 1.29 is 22.3 Å². The molecule has 0 amide bonds. The molecule has 0 fully saturated rings. The predicted octanol–water partition coefficient (Wildman–Crippen LogP) is 5.32. The number of aliphatic imine (C=N–C) groups is 1. The van der Waals surface area contributed by atoms with Crippen LogP contribution in [0.1, 0.15) is 12.6 Å². The molecule has 0 spiro atoms. The zero-order chi connectivity index (χ0) is 26.6. The Balaban J connectivity index is 1.76. The number of hydrogen-bond acceptors (Lipinski definition) is 6. The average molecular weight is 509 g/mol. The van der Waals surface area contributed by atoms with Crippen molar-refractivity contribution in [3.05, 3.63) is 113 Å². The summed E-state index contributed by atoms with van der Waals surface area (Å²) in [6.07, 6.45) is -0.662. The second-order valence-electron chi connectivity index (χ2n) is 7.78. The molecule has 4 aromatic rings. The maximum Gasteiger partial charge on any atom is 0.573 e. The van der Waals surface area contributed by atoms with Crippen LogP contribution < -0.4 is 15.9 Å². The molecule has 0 aliphatic carbocycles. The number of allylic oxidation sites excluding steroid dienone is 2. The minimum absolute atomic E-state index is 0.0333. The average Bonchev–Trinajstić information content (AvgIpc) is 2.83. The molecule has 0 radical (unpaired) electrons. The molecule has 0 atom stereocenters. The Morgan fingerprint density at radius 3 is 2.57 bits per heavy atom. The van der Waals surface area contributed by atoms with Gasteiger partial charge in [-0.1, -0.05) is 18.2 Å². The summed E-state index contributed by atoms with van der Waals surface area (Å²) < 4.78 is 58.0. The number of nitrogens with two attached hydrogens (primary N) is 1. The number of halogens is 4. The number of rotatable bonds is 6. The Morgan fingerprint density at radius 1 is 1.08 bits per heavy atom. The molecule has 2 N–H and O–H groups in total. The molecule has 188 valence electrons. The lowest BCUT2D eigenvalue weighted by Crippen LogP contribution is -2.21. The lowest BCUT2D eigenvalue weighted by atomic mass is 10.1. The molecule has 7 nitrogen and oxygen atoms in total. The van der Waals surface area contributed by atoms with Crippen LogP contribution in [0.5, 0.6) is 5.75 Å². The highest BCUT2D eigenvalue weighted by molar-refractivity contribution is 6.08. The summed E-state index contributed by atoms with van der Waals surface area (Å²) in [5.74, 6) is -1.11. The summed E-state index contributed by atoms with van der Waals surface area (Å²) in [6, 6.07) is 15.8. The topological polar surface area (TPSA) is 95.4 Å². The molecule has 0 aliphatic heterocycles. The first-order valence-electron chi connectivity index (χ1n) is 10.8. The van der Waals surface area contributed by atoms with Crippen molar-refractivity contribution in [2.75, 3.05) is 0 Å². The van der Waals surface area contributed by atoms with Crippen molar-refractivity contribution in [2.24, 2.45) is 10.7 Å². The molecule has 0 saturated carbocycles. The van der Waals surface area contributed by atoms with Crippen molar-refractivity contribution in [3.8, 4) is 22.7 Å². The maximum atomic E-state index is 15.1. The minimum atomic E-state index is -4.89. The van der Waals surface area contributed by atoms with E-state index in [-0.39, 0.29) is 28.5 Å². The quantitative estimate of drug-likeness (QED) is 0.281. The van der Waals surface area contributed by atoms with Crippen LogP contribution in [0, 0.1) is 5.82 Å². The van der Waals surface area contributed by atoms with Gasteiger partial charge in [0.25, 0.3) is 0 Å². The second-order valence-corrected chi connectivity index (χ2v) is 7.78. The zero-order valence-corrected chi connectivity index (χ0v) is 19.3. The number of benzene rings is 2. The fourth-order valence-corrected chi connectivity index (χ4v) is 3.36. The zero-order valence-electron chi connectivity index (χ0n) is 19.3. The van der Waals surface area contributed by atoms with Crippen LogP contribution in [-0.4, -0.2) is 26.8 Å². The van der Waals surface area contributed by atoms with Crippen molar-refractivity contribution in [2.45, 2.75) is 13.3 Å². The first-order chi connectivity index (χ1) is 17.6. The van der Waals surface area contributed by atoms with E-state index in [1.165, 1.54) is 49.5 Å². The minimum Gasteiger partial charge on any atom is -0.406 e. The molecular formula is C26H19F4N5O2. The standard InChI is InChI=1S/C26H19F4N5O2/c1-16(31)13-22(33-18-5-4-6-19(15-18)37-26(28,29)30)25-24(36)10-12-35(34-25)23-9-8-17(14-20(23)27)21-7-2-3-11-32-21/h2-15H,31H2,1H3. The third kappa shape index (κ3) is 6.45. The SMILES string of the molecule is CC(N)=CC(=Nc1cccc(OC(F)(F)F)c1)c1nn(-c2ccc(-c3ccccn3)cc2F)ccc1=O. The summed E-state index contributed by atoms with van der Waals surface area (Å²) in [5, 5.41) is 4.24. The maximum absolute atomic E-state index is 15.1. The van der Waals surface area contributed by atoms with Crippen LogP contribution in [0.2, 0.25) is 0 Å². The van der Waals surface area contributed by atoms with Crippen LogP contribution in [0.3, 0.4) is 0 Å². The summed E-state index contributed by atoms with van der Waals surface area (Å²) >= 11 is 0. The van der Waals surface area contributed by atoms with E-state index in [4.69, 9.17) is 5.73 Å². The normalized spacial score (nSPS) is 12.5. The third-order valence-corrected chi connectivity index (χ3v) is 4.87. The van der Waals surface area contributed by atoms with Gasteiger partial charge >= 0.3 is 6.36 Å². The van der Waals surface area contributed by atoms with Crippen molar-refractivity contribution in [1.29, 1.82) is 0 Å². The largest absolute Gasteiger partial charge is 0.573 e. The monoisotopic (exact) mass is 509 g/mol. The Morgan fingerprint density at radius 2 is 1.89 bits per heavy atom. The van der Waals surface area contributed by atoms with E-state index < -0.39 is 23.4 Å². The van der Waals surface area contributed by atoms with Crippen LogP contribution in [0.25, 0.3) is 16.9 Å². The molecule has 2 aromatic carbocycles. The third-order valence-electron chi connectivity index (χ3n) is 4.87. The summed E-state index contributed by atoms with van der Waals surface area (Å²) in [6.45, 7) is 1.54. The number of pyridine rings is 1. The Bertz CT molecular complexity index is 1540. The highest BCUT2D eigenvalue weighted by Gasteiger charge is 2.31. The lowest BCUT2D eigenvalue weighted by molar-refractivity contribution is -0.274. The summed E-state index contributed by atoms with van der Waals surface area (Å²) in [4.78, 5) is 21.2. The molecule has 0 unspecified atom stereocenters. The fraction of sp³-hybridized carbons (Fsp3) is 0.0769. The highest BCUT2D eigenvalue weighted by atomic mass is 19.4. The van der Waals surface area contributed by atoms with Gasteiger partial charge in [-0.2, -0.15) is 5.10 Å². The Labute approximate surface area is 208 Å². The van der Waals surface area contributed by atoms with Crippen LogP contribution >= 0.6 is 0 Å². The van der Waals surface area contributed by atoms with Crippen LogP contribution in [0.4, 0.5) is 23.2 Å². The molecule has 2 heterocycles. The molecule has 0 bridgehead atoms. The first kappa shape index (κ1) is 25.3. The summed E-state index contributed by atoms with van der Waals surface area (Å²) in [5.41, 5.74) is 6.50. The molecule has 0 aliphatic rings. The number of nitrogens with zero attached hydrogens (tertiary/aromatic N) is 4. The van der Waals surface area contributed by atoms with E-state index in [1.54, 1.807) is 30.5 Å². The van der Waals surface area contributed by atoms with Gasteiger partial charge in [0, 0.05) is 35.8 Å². The van der Waals surface area contributed by atoms with Crippen molar-refractivity contribution in [3.63, 3.8) is 0 Å². The van der Waals surface area contributed by atoms with E-state index in [1.807, 2.05) is 0 Å². The van der Waals surface area contributed by atoms with Crippen LogP contribution in [0.15, 0.2) is 101 Å². The van der Waals surface area contributed by atoms with Gasteiger partial charge in [0.05, 0.1) is 17.1 Å². The van der Waals surface area contributed by atoms with E-state index in [0.29, 0.717) is 11.3 Å². The van der Waals surface area contributed by atoms with E-state index in [0.717, 1.165) is 16.8 Å². The van der Waals surface area contributed by atoms with Crippen molar-refractivity contribution >= 4 is 11.4 Å². The van der Waals surface area contributed by atoms with E-state index in [9.17, 15) is 18.0 Å². The lowest BCUT2D eigenvalue weighted by Gasteiger charge is -2.11. The van der Waals surface area contributed by atoms with Gasteiger partial charge in [-0.3, -0.25) is 9.78 Å². The predicted molar refractivity (Wildman–Crippen MR) is 130 cm³/mol. The Hall–Kier alpha value is -4.80. The number of aromatic nitrogens is 3. The second kappa shape index (κ2) is 10.4. The van der Waals surface area contributed by atoms with Gasteiger partial charge in [0.15, 0.2) is 5.69 Å². The Kier molecular flexibility index (Phi) is 7.14. The first-order valence-corrected chi connectivity index (χ1v) is 10.8.